The molecule has 0 spiro atoms. The van der Waals surface area contributed by atoms with E-state index in [0.717, 1.165) is 6.42 Å². The smallest absolute Gasteiger partial charge is 0.343 e. The van der Waals surface area contributed by atoms with Crippen LogP contribution in [-0.4, -0.2) is 30.4 Å². The van der Waals surface area contributed by atoms with Crippen molar-refractivity contribution in [3.05, 3.63) is 12.2 Å². The number of aliphatic carboxylic acids is 1. The number of alkyl halides is 4. The Hall–Kier alpha value is -1.60. The maximum atomic E-state index is 13.8. The largest absolute Gasteiger partial charge is 0.545 e. The molecule has 0 unspecified atom stereocenters. The average molecular weight is 311 g/mol. The number of carboxylic acids is 1. The standard InChI is InChI=1S/C13H16F4O4/c14-12(15,8-21-11(20)7-6-10(18)19)13(16,17)9-4-2-1-3-5-9/h6-7,9H,1-5,8H2,(H,18,19)/p-1. The molecule has 0 radical (unpaired) electrons. The maximum Gasteiger partial charge on any atom is 0.343 e. The summed E-state index contributed by atoms with van der Waals surface area (Å²) in [6.45, 7) is -1.80. The lowest BCUT2D eigenvalue weighted by atomic mass is 9.82. The van der Waals surface area contributed by atoms with E-state index >= 15 is 0 Å². The van der Waals surface area contributed by atoms with Crippen molar-refractivity contribution in [3.8, 4) is 0 Å². The van der Waals surface area contributed by atoms with E-state index in [4.69, 9.17) is 0 Å². The minimum atomic E-state index is -4.50. The van der Waals surface area contributed by atoms with Crippen LogP contribution in [0.3, 0.4) is 0 Å². The lowest BCUT2D eigenvalue weighted by Gasteiger charge is -2.34. The Labute approximate surface area is 118 Å². The molecule has 1 rings (SSSR count). The number of carbonyl (C=O) groups is 2. The first-order valence-electron chi connectivity index (χ1n) is 6.48. The molecule has 1 fully saturated rings. The van der Waals surface area contributed by atoms with Gasteiger partial charge in [-0.1, -0.05) is 19.3 Å². The number of halogens is 4. The van der Waals surface area contributed by atoms with Crippen LogP contribution in [0.2, 0.25) is 0 Å². The second-order valence-corrected chi connectivity index (χ2v) is 4.92. The van der Waals surface area contributed by atoms with Gasteiger partial charge in [-0.05, 0) is 18.9 Å². The molecule has 0 aromatic heterocycles. The third kappa shape index (κ3) is 4.71. The van der Waals surface area contributed by atoms with Gasteiger partial charge in [0.25, 0.3) is 0 Å². The zero-order valence-corrected chi connectivity index (χ0v) is 11.1. The second kappa shape index (κ2) is 6.91. The van der Waals surface area contributed by atoms with Crippen LogP contribution in [0.15, 0.2) is 12.2 Å². The summed E-state index contributed by atoms with van der Waals surface area (Å²) in [5, 5.41) is 10.00. The quantitative estimate of drug-likeness (QED) is 0.425. The molecule has 0 N–H and O–H groups in total. The maximum absolute atomic E-state index is 13.8. The number of rotatable bonds is 6. The van der Waals surface area contributed by atoms with Gasteiger partial charge in [-0.25, -0.2) is 4.79 Å². The van der Waals surface area contributed by atoms with Crippen molar-refractivity contribution in [1.29, 1.82) is 0 Å². The summed E-state index contributed by atoms with van der Waals surface area (Å²) in [7, 11) is 0. The zero-order valence-electron chi connectivity index (χ0n) is 11.1. The molecule has 1 saturated carbocycles. The Morgan fingerprint density at radius 2 is 1.67 bits per heavy atom. The monoisotopic (exact) mass is 311 g/mol. The molecule has 120 valence electrons. The third-order valence-electron chi connectivity index (χ3n) is 3.36. The Bertz CT molecular complexity index is 414. The number of esters is 1. The third-order valence-corrected chi connectivity index (χ3v) is 3.36. The molecule has 0 aromatic rings. The van der Waals surface area contributed by atoms with E-state index in [-0.39, 0.29) is 18.9 Å². The number of hydrogen-bond donors (Lipinski definition) is 0. The lowest BCUT2D eigenvalue weighted by Crippen LogP contribution is -2.50. The summed E-state index contributed by atoms with van der Waals surface area (Å²) >= 11 is 0. The molecule has 0 heterocycles. The van der Waals surface area contributed by atoms with Crippen molar-refractivity contribution in [1.82, 2.24) is 0 Å². The molecule has 1 aliphatic carbocycles. The topological polar surface area (TPSA) is 66.4 Å². The highest BCUT2D eigenvalue weighted by molar-refractivity contribution is 5.89. The van der Waals surface area contributed by atoms with Gasteiger partial charge in [-0.2, -0.15) is 17.6 Å². The summed E-state index contributed by atoms with van der Waals surface area (Å²) in [5.74, 6) is -13.4. The first-order valence-corrected chi connectivity index (χ1v) is 6.48. The van der Waals surface area contributed by atoms with Crippen molar-refractivity contribution in [2.75, 3.05) is 6.61 Å². The Morgan fingerprint density at radius 1 is 1.10 bits per heavy atom. The van der Waals surface area contributed by atoms with Gasteiger partial charge in [-0.15, -0.1) is 0 Å². The van der Waals surface area contributed by atoms with Gasteiger partial charge in [0, 0.05) is 12.0 Å². The molecular formula is C13H15F4O4-. The highest BCUT2D eigenvalue weighted by atomic mass is 19.3. The minimum Gasteiger partial charge on any atom is -0.545 e. The molecule has 4 nitrogen and oxygen atoms in total. The predicted octanol–water partition coefficient (Wildman–Crippen LogP) is 1.69. The fraction of sp³-hybridized carbons (Fsp3) is 0.692. The van der Waals surface area contributed by atoms with Gasteiger partial charge in [0.15, 0.2) is 6.61 Å². The molecule has 0 aliphatic heterocycles. The predicted molar refractivity (Wildman–Crippen MR) is 61.6 cm³/mol. The van der Waals surface area contributed by atoms with Gasteiger partial charge in [0.05, 0.1) is 5.97 Å². The van der Waals surface area contributed by atoms with Crippen LogP contribution >= 0.6 is 0 Å². The summed E-state index contributed by atoms with van der Waals surface area (Å²) in [6.07, 6.45) is 2.25. The van der Waals surface area contributed by atoms with Crippen LogP contribution in [0.5, 0.6) is 0 Å². The van der Waals surface area contributed by atoms with Crippen LogP contribution in [0.1, 0.15) is 32.1 Å². The van der Waals surface area contributed by atoms with Crippen LogP contribution in [0.4, 0.5) is 17.6 Å². The van der Waals surface area contributed by atoms with Gasteiger partial charge < -0.3 is 14.6 Å². The molecule has 1 aliphatic rings. The van der Waals surface area contributed by atoms with Crippen molar-refractivity contribution in [2.24, 2.45) is 5.92 Å². The van der Waals surface area contributed by atoms with Gasteiger partial charge in [0.2, 0.25) is 0 Å². The molecular weight excluding hydrogens is 296 g/mol. The molecule has 0 aromatic carbocycles. The number of ether oxygens (including phenoxy) is 1. The van der Waals surface area contributed by atoms with E-state index < -0.39 is 36.3 Å². The summed E-state index contributed by atoms with van der Waals surface area (Å²) in [4.78, 5) is 20.9. The molecule has 0 saturated heterocycles. The van der Waals surface area contributed by atoms with Crippen LogP contribution in [0, 0.1) is 5.92 Å². The molecule has 0 amide bonds. The number of hydrogen-bond acceptors (Lipinski definition) is 4. The van der Waals surface area contributed by atoms with Crippen molar-refractivity contribution >= 4 is 11.9 Å². The van der Waals surface area contributed by atoms with Gasteiger partial charge in [-0.3, -0.25) is 0 Å². The van der Waals surface area contributed by atoms with E-state index in [9.17, 15) is 32.3 Å². The summed E-state index contributed by atoms with van der Waals surface area (Å²) in [6, 6.07) is 0. The zero-order chi connectivity index (χ0) is 16.1. The van der Waals surface area contributed by atoms with Gasteiger partial charge in [0.1, 0.15) is 0 Å². The Morgan fingerprint density at radius 3 is 2.19 bits per heavy atom. The van der Waals surface area contributed by atoms with Crippen LogP contribution < -0.4 is 5.11 Å². The first kappa shape index (κ1) is 17.5. The highest BCUT2D eigenvalue weighted by Crippen LogP contribution is 2.46. The molecule has 0 atom stereocenters. The van der Waals surface area contributed by atoms with E-state index in [2.05, 4.69) is 4.74 Å². The summed E-state index contributed by atoms with van der Waals surface area (Å²) < 4.78 is 58.7. The first-order chi connectivity index (χ1) is 9.67. The van der Waals surface area contributed by atoms with Crippen molar-refractivity contribution in [2.45, 2.75) is 43.9 Å². The summed E-state index contributed by atoms with van der Waals surface area (Å²) in [5.41, 5.74) is 0. The van der Waals surface area contributed by atoms with E-state index in [1.165, 1.54) is 0 Å². The molecule has 8 heteroatoms. The molecule has 21 heavy (non-hydrogen) atoms. The normalized spacial score (nSPS) is 17.9. The van der Waals surface area contributed by atoms with Crippen molar-refractivity contribution < 1.29 is 37.0 Å². The van der Waals surface area contributed by atoms with E-state index in [1.54, 1.807) is 0 Å². The molecule has 0 bridgehead atoms. The van der Waals surface area contributed by atoms with Gasteiger partial charge >= 0.3 is 17.8 Å². The van der Waals surface area contributed by atoms with Crippen LogP contribution in [-0.2, 0) is 14.3 Å². The number of carbonyl (C=O) groups excluding carboxylic acids is 2. The van der Waals surface area contributed by atoms with Crippen molar-refractivity contribution in [3.63, 3.8) is 0 Å². The highest BCUT2D eigenvalue weighted by Gasteiger charge is 2.61. The Kier molecular flexibility index (Phi) is 5.74. The fourth-order valence-electron chi connectivity index (χ4n) is 2.21. The van der Waals surface area contributed by atoms with Crippen LogP contribution in [0.25, 0.3) is 0 Å². The van der Waals surface area contributed by atoms with E-state index in [0.29, 0.717) is 18.9 Å². The van der Waals surface area contributed by atoms with E-state index in [1.807, 2.05) is 0 Å². The minimum absolute atomic E-state index is 0.00111. The SMILES string of the molecule is O=C([O-])C=CC(=O)OCC(F)(F)C(F)(F)C1CCCCC1. The average Bonchev–Trinajstić information content (AvgIpc) is 2.43. The second-order valence-electron chi connectivity index (χ2n) is 4.92. The fourth-order valence-corrected chi connectivity index (χ4v) is 2.21. The lowest BCUT2D eigenvalue weighted by molar-refractivity contribution is -0.297. The Balaban J connectivity index is 2.62. The number of carboxylic acid groups (broad SMARTS) is 1.